The van der Waals surface area contributed by atoms with E-state index >= 15 is 0 Å². The molecule has 98 valence electrons. The third kappa shape index (κ3) is 10.5. The Balaban J connectivity index is 3.29. The summed E-state index contributed by atoms with van der Waals surface area (Å²) in [6, 6.07) is 0. The van der Waals surface area contributed by atoms with Gasteiger partial charge in [-0.05, 0) is 19.3 Å². The van der Waals surface area contributed by atoms with Gasteiger partial charge in [-0.25, -0.2) is 0 Å². The van der Waals surface area contributed by atoms with Gasteiger partial charge in [-0.2, -0.15) is 0 Å². The van der Waals surface area contributed by atoms with Crippen LogP contribution in [0.2, 0.25) is 0 Å². The maximum absolute atomic E-state index is 5.92. The number of hydrogen-bond donors (Lipinski definition) is 0. The van der Waals surface area contributed by atoms with Crippen LogP contribution in [-0.2, 0) is 4.74 Å². The largest absolute Gasteiger partial charge is 0.378 e. The molecule has 0 aliphatic rings. The molecular formula is C15H32O. The van der Waals surface area contributed by atoms with E-state index in [1.54, 1.807) is 0 Å². The zero-order chi connectivity index (χ0) is 12.1. The lowest BCUT2D eigenvalue weighted by molar-refractivity contribution is 0.0407. The van der Waals surface area contributed by atoms with Crippen molar-refractivity contribution in [3.63, 3.8) is 0 Å². The van der Waals surface area contributed by atoms with E-state index in [2.05, 4.69) is 20.8 Å². The summed E-state index contributed by atoms with van der Waals surface area (Å²) in [6.07, 6.45) is 13.7. The zero-order valence-corrected chi connectivity index (χ0v) is 11.8. The van der Waals surface area contributed by atoms with Crippen LogP contribution in [0, 0.1) is 0 Å². The fraction of sp³-hybridized carbons (Fsp3) is 1.00. The highest BCUT2D eigenvalue weighted by atomic mass is 16.5. The standard InChI is InChI=1S/C15H32O/c1-4-7-9-11-13-15(6-3)16-14-12-10-8-5-2/h15H,4-14H2,1-3H3/t15-/m0/s1. The third-order valence-electron chi connectivity index (χ3n) is 3.19. The van der Waals surface area contributed by atoms with E-state index in [0.717, 1.165) is 6.61 Å². The molecule has 0 aromatic carbocycles. The highest BCUT2D eigenvalue weighted by molar-refractivity contribution is 4.56. The Labute approximate surface area is 103 Å². The van der Waals surface area contributed by atoms with Crippen LogP contribution in [0.3, 0.4) is 0 Å². The Kier molecular flexibility index (Phi) is 13.0. The monoisotopic (exact) mass is 228 g/mol. The predicted octanol–water partition coefficient (Wildman–Crippen LogP) is 5.33. The van der Waals surface area contributed by atoms with E-state index in [4.69, 9.17) is 4.74 Å². The molecule has 0 radical (unpaired) electrons. The van der Waals surface area contributed by atoms with Gasteiger partial charge >= 0.3 is 0 Å². The van der Waals surface area contributed by atoms with E-state index in [0.29, 0.717) is 6.10 Å². The molecule has 1 atom stereocenters. The first-order chi connectivity index (χ1) is 7.85. The summed E-state index contributed by atoms with van der Waals surface area (Å²) in [4.78, 5) is 0. The van der Waals surface area contributed by atoms with Crippen LogP contribution < -0.4 is 0 Å². The maximum atomic E-state index is 5.92. The summed E-state index contributed by atoms with van der Waals surface area (Å²) >= 11 is 0. The SMILES string of the molecule is CCCCCCO[C@@H](CC)CCCCCC. The van der Waals surface area contributed by atoms with Crippen molar-refractivity contribution < 1.29 is 4.74 Å². The van der Waals surface area contributed by atoms with E-state index in [1.165, 1.54) is 64.2 Å². The lowest BCUT2D eigenvalue weighted by Crippen LogP contribution is -2.12. The van der Waals surface area contributed by atoms with Crippen molar-refractivity contribution in [2.24, 2.45) is 0 Å². The average Bonchev–Trinajstić information content (AvgIpc) is 2.31. The molecule has 16 heavy (non-hydrogen) atoms. The summed E-state index contributed by atoms with van der Waals surface area (Å²) in [5, 5.41) is 0. The number of unbranched alkanes of at least 4 members (excludes halogenated alkanes) is 6. The summed E-state index contributed by atoms with van der Waals surface area (Å²) in [5.41, 5.74) is 0. The second-order valence-electron chi connectivity index (χ2n) is 4.81. The van der Waals surface area contributed by atoms with Crippen LogP contribution in [0.5, 0.6) is 0 Å². The zero-order valence-electron chi connectivity index (χ0n) is 11.8. The van der Waals surface area contributed by atoms with Crippen molar-refractivity contribution in [1.82, 2.24) is 0 Å². The molecule has 0 aromatic heterocycles. The Bertz CT molecular complexity index is 123. The summed E-state index contributed by atoms with van der Waals surface area (Å²) in [5.74, 6) is 0. The first-order valence-corrected chi connectivity index (χ1v) is 7.46. The minimum absolute atomic E-state index is 0.526. The van der Waals surface area contributed by atoms with Gasteiger partial charge in [0.25, 0.3) is 0 Å². The molecule has 1 nitrogen and oxygen atoms in total. The topological polar surface area (TPSA) is 9.23 Å². The van der Waals surface area contributed by atoms with E-state index in [-0.39, 0.29) is 0 Å². The molecule has 0 heterocycles. The molecule has 0 amide bonds. The minimum Gasteiger partial charge on any atom is -0.378 e. The van der Waals surface area contributed by atoms with Crippen molar-refractivity contribution >= 4 is 0 Å². The van der Waals surface area contributed by atoms with Gasteiger partial charge in [0.2, 0.25) is 0 Å². The highest BCUT2D eigenvalue weighted by Crippen LogP contribution is 2.12. The normalized spacial score (nSPS) is 12.9. The molecule has 0 spiro atoms. The molecule has 0 rings (SSSR count). The molecule has 0 unspecified atom stereocenters. The summed E-state index contributed by atoms with van der Waals surface area (Å²) in [6.45, 7) is 7.74. The van der Waals surface area contributed by atoms with Crippen molar-refractivity contribution in [1.29, 1.82) is 0 Å². The fourth-order valence-electron chi connectivity index (χ4n) is 1.98. The fourth-order valence-corrected chi connectivity index (χ4v) is 1.98. The van der Waals surface area contributed by atoms with E-state index in [9.17, 15) is 0 Å². The van der Waals surface area contributed by atoms with Crippen LogP contribution in [-0.4, -0.2) is 12.7 Å². The molecule has 0 fully saturated rings. The van der Waals surface area contributed by atoms with Crippen LogP contribution >= 0.6 is 0 Å². The van der Waals surface area contributed by atoms with E-state index < -0.39 is 0 Å². The number of rotatable bonds is 12. The number of hydrogen-bond acceptors (Lipinski definition) is 1. The van der Waals surface area contributed by atoms with E-state index in [1.807, 2.05) is 0 Å². The van der Waals surface area contributed by atoms with Gasteiger partial charge in [-0.1, -0.05) is 65.7 Å². The summed E-state index contributed by atoms with van der Waals surface area (Å²) < 4.78 is 5.92. The van der Waals surface area contributed by atoms with Crippen molar-refractivity contribution in [2.75, 3.05) is 6.61 Å². The van der Waals surface area contributed by atoms with Gasteiger partial charge < -0.3 is 4.74 Å². The number of ether oxygens (including phenoxy) is 1. The molecule has 0 saturated heterocycles. The van der Waals surface area contributed by atoms with Crippen LogP contribution in [0.15, 0.2) is 0 Å². The molecule has 0 N–H and O–H groups in total. The Morgan fingerprint density at radius 2 is 1.38 bits per heavy atom. The first kappa shape index (κ1) is 16.0. The molecule has 0 aliphatic carbocycles. The first-order valence-electron chi connectivity index (χ1n) is 7.46. The smallest absolute Gasteiger partial charge is 0.0572 e. The summed E-state index contributed by atoms with van der Waals surface area (Å²) in [7, 11) is 0. The van der Waals surface area contributed by atoms with Gasteiger partial charge in [0.05, 0.1) is 6.10 Å². The lowest BCUT2D eigenvalue weighted by atomic mass is 10.1. The Morgan fingerprint density at radius 3 is 1.94 bits per heavy atom. The minimum atomic E-state index is 0.526. The molecule has 0 bridgehead atoms. The molecule has 0 aliphatic heterocycles. The maximum Gasteiger partial charge on any atom is 0.0572 e. The van der Waals surface area contributed by atoms with Gasteiger partial charge in [0, 0.05) is 6.61 Å². The van der Waals surface area contributed by atoms with Crippen LogP contribution in [0.1, 0.15) is 85.0 Å². The van der Waals surface area contributed by atoms with Crippen LogP contribution in [0.4, 0.5) is 0 Å². The Hall–Kier alpha value is -0.0400. The average molecular weight is 228 g/mol. The van der Waals surface area contributed by atoms with Gasteiger partial charge in [0.15, 0.2) is 0 Å². The Morgan fingerprint density at radius 1 is 0.750 bits per heavy atom. The molecular weight excluding hydrogens is 196 g/mol. The van der Waals surface area contributed by atoms with Crippen molar-refractivity contribution in [3.05, 3.63) is 0 Å². The second kappa shape index (κ2) is 13.0. The van der Waals surface area contributed by atoms with Crippen LogP contribution in [0.25, 0.3) is 0 Å². The third-order valence-corrected chi connectivity index (χ3v) is 3.19. The lowest BCUT2D eigenvalue weighted by Gasteiger charge is -2.15. The molecule has 0 saturated carbocycles. The predicted molar refractivity (Wildman–Crippen MR) is 72.9 cm³/mol. The van der Waals surface area contributed by atoms with Gasteiger partial charge in [-0.3, -0.25) is 0 Å². The highest BCUT2D eigenvalue weighted by Gasteiger charge is 2.05. The second-order valence-corrected chi connectivity index (χ2v) is 4.81. The van der Waals surface area contributed by atoms with Gasteiger partial charge in [-0.15, -0.1) is 0 Å². The van der Waals surface area contributed by atoms with Crippen molar-refractivity contribution in [2.45, 2.75) is 91.1 Å². The molecule has 0 aromatic rings. The molecule has 1 heteroatoms. The quantitative estimate of drug-likeness (QED) is 0.410. The van der Waals surface area contributed by atoms with Crippen molar-refractivity contribution in [3.8, 4) is 0 Å². The van der Waals surface area contributed by atoms with Gasteiger partial charge in [0.1, 0.15) is 0 Å².